The number of fused-ring (bicyclic) bond motifs is 1. The highest BCUT2D eigenvalue weighted by atomic mass is 16.5. The molecule has 0 aliphatic rings. The van der Waals surface area contributed by atoms with E-state index in [0.29, 0.717) is 5.75 Å². The van der Waals surface area contributed by atoms with Gasteiger partial charge < -0.3 is 20.1 Å². The van der Waals surface area contributed by atoms with E-state index in [9.17, 15) is 20.1 Å². The average Bonchev–Trinajstić information content (AvgIpc) is 2.84. The number of aromatic nitrogens is 1. The highest BCUT2D eigenvalue weighted by Gasteiger charge is 2.27. The van der Waals surface area contributed by atoms with Crippen molar-refractivity contribution in [3.63, 3.8) is 0 Å². The fourth-order valence-corrected chi connectivity index (χ4v) is 2.30. The molecule has 1 aromatic heterocycles. The Kier molecular flexibility index (Phi) is 3.34. The first-order chi connectivity index (χ1) is 10.6. The van der Waals surface area contributed by atoms with Crippen LogP contribution < -0.4 is 4.74 Å². The molecule has 0 saturated heterocycles. The van der Waals surface area contributed by atoms with Crippen LogP contribution in [0.3, 0.4) is 0 Å². The van der Waals surface area contributed by atoms with Crippen LogP contribution in [0.5, 0.6) is 17.5 Å². The van der Waals surface area contributed by atoms with Crippen molar-refractivity contribution in [2.45, 2.75) is 6.23 Å². The van der Waals surface area contributed by atoms with Gasteiger partial charge in [-0.2, -0.15) is 0 Å². The van der Waals surface area contributed by atoms with Crippen LogP contribution in [0.2, 0.25) is 0 Å². The standard InChI is InChI=1S/C16H13NO5/c18-13-8-9-14(19)17(13)15(16(20)21)22-12-7-3-5-10-4-1-2-6-11(10)12/h1-9,15,18-19H,(H,20,21). The minimum atomic E-state index is -1.58. The van der Waals surface area contributed by atoms with Crippen LogP contribution in [-0.4, -0.2) is 25.9 Å². The summed E-state index contributed by atoms with van der Waals surface area (Å²) in [6.45, 7) is 0. The number of aromatic hydroxyl groups is 2. The molecule has 0 fully saturated rings. The summed E-state index contributed by atoms with van der Waals surface area (Å²) in [6.07, 6.45) is -1.58. The summed E-state index contributed by atoms with van der Waals surface area (Å²) in [6, 6.07) is 15.0. The third kappa shape index (κ3) is 2.31. The lowest BCUT2D eigenvalue weighted by atomic mass is 10.1. The zero-order chi connectivity index (χ0) is 15.7. The predicted molar refractivity (Wildman–Crippen MR) is 79.0 cm³/mol. The summed E-state index contributed by atoms with van der Waals surface area (Å²) in [5.41, 5.74) is 0. The molecule has 0 amide bonds. The molecule has 22 heavy (non-hydrogen) atoms. The van der Waals surface area contributed by atoms with Gasteiger partial charge in [-0.1, -0.05) is 36.4 Å². The van der Waals surface area contributed by atoms with E-state index in [2.05, 4.69) is 0 Å². The molecule has 112 valence electrons. The lowest BCUT2D eigenvalue weighted by Crippen LogP contribution is -2.24. The Morgan fingerprint density at radius 1 is 0.955 bits per heavy atom. The topological polar surface area (TPSA) is 91.9 Å². The number of aliphatic carboxylic acids is 1. The Morgan fingerprint density at radius 2 is 1.59 bits per heavy atom. The number of ether oxygens (including phenoxy) is 1. The maximum Gasteiger partial charge on any atom is 0.367 e. The van der Waals surface area contributed by atoms with E-state index < -0.39 is 24.0 Å². The van der Waals surface area contributed by atoms with E-state index in [-0.39, 0.29) is 0 Å². The van der Waals surface area contributed by atoms with Crippen LogP contribution in [0, 0.1) is 0 Å². The molecule has 0 aliphatic heterocycles. The van der Waals surface area contributed by atoms with E-state index in [1.807, 2.05) is 24.3 Å². The van der Waals surface area contributed by atoms with Crippen LogP contribution in [-0.2, 0) is 4.79 Å². The molecule has 3 rings (SSSR count). The minimum absolute atomic E-state index is 0.345. The van der Waals surface area contributed by atoms with E-state index in [4.69, 9.17) is 4.74 Å². The van der Waals surface area contributed by atoms with Crippen LogP contribution in [0.1, 0.15) is 6.23 Å². The first-order valence-corrected chi connectivity index (χ1v) is 6.54. The second kappa shape index (κ2) is 5.33. The van der Waals surface area contributed by atoms with Crippen molar-refractivity contribution in [1.82, 2.24) is 4.57 Å². The zero-order valence-electron chi connectivity index (χ0n) is 11.4. The molecule has 0 bridgehead atoms. The quantitative estimate of drug-likeness (QED) is 0.689. The molecular formula is C16H13NO5. The molecule has 6 heteroatoms. The van der Waals surface area contributed by atoms with Crippen molar-refractivity contribution in [3.05, 3.63) is 54.6 Å². The Morgan fingerprint density at radius 3 is 2.27 bits per heavy atom. The third-order valence-electron chi connectivity index (χ3n) is 3.31. The normalized spacial score (nSPS) is 12.2. The molecule has 0 saturated carbocycles. The fraction of sp³-hybridized carbons (Fsp3) is 0.0625. The van der Waals surface area contributed by atoms with Crippen LogP contribution in [0.25, 0.3) is 10.8 Å². The molecule has 2 aromatic carbocycles. The fourth-order valence-electron chi connectivity index (χ4n) is 2.30. The van der Waals surface area contributed by atoms with Gasteiger partial charge >= 0.3 is 5.97 Å². The van der Waals surface area contributed by atoms with Gasteiger partial charge in [0, 0.05) is 17.5 Å². The number of rotatable bonds is 4. The van der Waals surface area contributed by atoms with Crippen molar-refractivity contribution >= 4 is 16.7 Å². The van der Waals surface area contributed by atoms with Gasteiger partial charge in [0.25, 0.3) is 6.23 Å². The average molecular weight is 299 g/mol. The number of nitrogens with zero attached hydrogens (tertiary/aromatic N) is 1. The molecular weight excluding hydrogens is 286 g/mol. The Balaban J connectivity index is 2.06. The maximum atomic E-state index is 11.5. The SMILES string of the molecule is O=C(O)C(Oc1cccc2ccccc12)n1c(O)ccc1O. The summed E-state index contributed by atoms with van der Waals surface area (Å²) >= 11 is 0. The number of hydrogen-bond acceptors (Lipinski definition) is 4. The van der Waals surface area contributed by atoms with Gasteiger partial charge in [-0.05, 0) is 11.5 Å². The first-order valence-electron chi connectivity index (χ1n) is 6.54. The zero-order valence-corrected chi connectivity index (χ0v) is 11.4. The summed E-state index contributed by atoms with van der Waals surface area (Å²) in [4.78, 5) is 11.5. The summed E-state index contributed by atoms with van der Waals surface area (Å²) in [5, 5.41) is 30.4. The van der Waals surface area contributed by atoms with Gasteiger partial charge in [-0.3, -0.25) is 0 Å². The predicted octanol–water partition coefficient (Wildman–Crippen LogP) is 2.71. The van der Waals surface area contributed by atoms with E-state index in [0.717, 1.165) is 15.3 Å². The largest absolute Gasteiger partial charge is 0.494 e. The van der Waals surface area contributed by atoms with Gasteiger partial charge in [0.15, 0.2) is 11.8 Å². The van der Waals surface area contributed by atoms with E-state index in [1.165, 1.54) is 12.1 Å². The molecule has 3 N–H and O–H groups in total. The van der Waals surface area contributed by atoms with Crippen LogP contribution >= 0.6 is 0 Å². The van der Waals surface area contributed by atoms with Gasteiger partial charge in [0.05, 0.1) is 0 Å². The molecule has 0 radical (unpaired) electrons. The van der Waals surface area contributed by atoms with Crippen molar-refractivity contribution in [2.24, 2.45) is 0 Å². The van der Waals surface area contributed by atoms with Crippen LogP contribution in [0.15, 0.2) is 54.6 Å². The summed E-state index contributed by atoms with van der Waals surface area (Å²) in [5.74, 6) is -1.79. The monoisotopic (exact) mass is 299 g/mol. The van der Waals surface area contributed by atoms with Gasteiger partial charge in [0.2, 0.25) is 0 Å². The lowest BCUT2D eigenvalue weighted by Gasteiger charge is -2.19. The number of hydrogen-bond donors (Lipinski definition) is 3. The van der Waals surface area contributed by atoms with Crippen molar-refractivity contribution in [1.29, 1.82) is 0 Å². The number of benzene rings is 2. The first kappa shape index (κ1) is 13.8. The Hall–Kier alpha value is -3.15. The van der Waals surface area contributed by atoms with Crippen molar-refractivity contribution in [2.75, 3.05) is 0 Å². The summed E-state index contributed by atoms with van der Waals surface area (Å²) in [7, 11) is 0. The van der Waals surface area contributed by atoms with Crippen molar-refractivity contribution < 1.29 is 24.9 Å². The second-order valence-electron chi connectivity index (χ2n) is 4.71. The molecule has 6 nitrogen and oxygen atoms in total. The smallest absolute Gasteiger partial charge is 0.367 e. The maximum absolute atomic E-state index is 11.5. The molecule has 1 heterocycles. The Bertz CT molecular complexity index is 815. The molecule has 3 aromatic rings. The molecule has 1 atom stereocenters. The van der Waals surface area contributed by atoms with Crippen molar-refractivity contribution in [3.8, 4) is 17.5 Å². The minimum Gasteiger partial charge on any atom is -0.494 e. The second-order valence-corrected chi connectivity index (χ2v) is 4.71. The number of carbonyl (C=O) groups is 1. The third-order valence-corrected chi connectivity index (χ3v) is 3.31. The van der Waals surface area contributed by atoms with E-state index in [1.54, 1.807) is 18.2 Å². The van der Waals surface area contributed by atoms with Crippen LogP contribution in [0.4, 0.5) is 0 Å². The summed E-state index contributed by atoms with van der Waals surface area (Å²) < 4.78 is 6.33. The highest BCUT2D eigenvalue weighted by Crippen LogP contribution is 2.32. The molecule has 1 unspecified atom stereocenters. The van der Waals surface area contributed by atoms with E-state index >= 15 is 0 Å². The number of carboxylic acids is 1. The van der Waals surface area contributed by atoms with Gasteiger partial charge in [0.1, 0.15) is 5.75 Å². The van der Waals surface area contributed by atoms with Gasteiger partial charge in [-0.25, -0.2) is 9.36 Å². The number of carboxylic acid groups (broad SMARTS) is 1. The van der Waals surface area contributed by atoms with Gasteiger partial charge in [-0.15, -0.1) is 0 Å². The highest BCUT2D eigenvalue weighted by molar-refractivity contribution is 5.88. The Labute approximate surface area is 125 Å². The molecule has 0 spiro atoms. The molecule has 0 aliphatic carbocycles. The lowest BCUT2D eigenvalue weighted by molar-refractivity contribution is -0.150.